The molecule has 1 aromatic heterocycles. The molecule has 0 bridgehead atoms. The Bertz CT molecular complexity index is 462. The van der Waals surface area contributed by atoms with Crippen molar-refractivity contribution < 1.29 is 4.42 Å². The Morgan fingerprint density at radius 1 is 1.42 bits per heavy atom. The van der Waals surface area contributed by atoms with Gasteiger partial charge in [-0.05, 0) is 30.7 Å². The first-order chi connectivity index (χ1) is 5.81. The second-order valence-electron chi connectivity index (χ2n) is 2.74. The van der Waals surface area contributed by atoms with E-state index in [0.717, 1.165) is 16.5 Å². The molecule has 2 aromatic rings. The molecule has 58 valence electrons. The Kier molecular flexibility index (Phi) is 1.38. The Balaban J connectivity index is 2.82. The number of fused-ring (bicyclic) bond motifs is 1. The smallest absolute Gasteiger partial charge is 0.134 e. The molecule has 0 fully saturated rings. The second kappa shape index (κ2) is 2.38. The lowest BCUT2D eigenvalue weighted by Gasteiger charge is -1.89. The molecule has 0 aliphatic carbocycles. The van der Waals surface area contributed by atoms with Crippen LogP contribution in [0, 0.1) is 18.3 Å². The van der Waals surface area contributed by atoms with Gasteiger partial charge in [0.1, 0.15) is 5.58 Å². The van der Waals surface area contributed by atoms with Crippen molar-refractivity contribution in [3.63, 3.8) is 0 Å². The molecule has 0 unspecified atom stereocenters. The van der Waals surface area contributed by atoms with Gasteiger partial charge in [-0.25, -0.2) is 0 Å². The fourth-order valence-corrected chi connectivity index (χ4v) is 1.23. The fourth-order valence-electron chi connectivity index (χ4n) is 1.23. The molecule has 12 heavy (non-hydrogen) atoms. The largest absolute Gasteiger partial charge is 0.464 e. The number of nitriles is 1. The van der Waals surface area contributed by atoms with Crippen LogP contribution in [0.3, 0.4) is 0 Å². The standard InChI is InChI=1S/C10H7NO/c1-7-6-12-10-3-2-8(5-11)4-9(7)10/h2-4,6H,1H3. The van der Waals surface area contributed by atoms with E-state index >= 15 is 0 Å². The van der Waals surface area contributed by atoms with Crippen molar-refractivity contribution in [2.45, 2.75) is 6.92 Å². The number of hydrogen-bond donors (Lipinski definition) is 0. The predicted molar refractivity (Wildman–Crippen MR) is 45.7 cm³/mol. The molecule has 0 aliphatic rings. The minimum atomic E-state index is 0.673. The number of aryl methyl sites for hydroxylation is 1. The maximum Gasteiger partial charge on any atom is 0.134 e. The molecule has 1 aromatic carbocycles. The molecular weight excluding hydrogens is 150 g/mol. The van der Waals surface area contributed by atoms with E-state index in [1.165, 1.54) is 0 Å². The van der Waals surface area contributed by atoms with Crippen molar-refractivity contribution in [2.24, 2.45) is 0 Å². The Hall–Kier alpha value is -1.75. The quantitative estimate of drug-likeness (QED) is 0.589. The van der Waals surface area contributed by atoms with E-state index in [4.69, 9.17) is 9.68 Å². The third kappa shape index (κ3) is 0.876. The maximum absolute atomic E-state index is 8.64. The van der Waals surface area contributed by atoms with Crippen molar-refractivity contribution in [3.05, 3.63) is 35.6 Å². The molecular formula is C10H7NO. The van der Waals surface area contributed by atoms with E-state index in [1.807, 2.05) is 19.1 Å². The fraction of sp³-hybridized carbons (Fsp3) is 0.100. The van der Waals surface area contributed by atoms with Gasteiger partial charge in [0, 0.05) is 5.39 Å². The molecule has 0 amide bonds. The third-order valence-electron chi connectivity index (χ3n) is 1.90. The van der Waals surface area contributed by atoms with Gasteiger partial charge >= 0.3 is 0 Å². The lowest BCUT2D eigenvalue weighted by atomic mass is 10.1. The maximum atomic E-state index is 8.64. The molecule has 2 nitrogen and oxygen atoms in total. The molecule has 0 aliphatic heterocycles. The van der Waals surface area contributed by atoms with Crippen LogP contribution in [-0.2, 0) is 0 Å². The number of benzene rings is 1. The van der Waals surface area contributed by atoms with Gasteiger partial charge in [-0.15, -0.1) is 0 Å². The molecule has 0 N–H and O–H groups in total. The molecule has 0 spiro atoms. The van der Waals surface area contributed by atoms with E-state index < -0.39 is 0 Å². The lowest BCUT2D eigenvalue weighted by Crippen LogP contribution is -1.73. The van der Waals surface area contributed by atoms with Gasteiger partial charge in [0.15, 0.2) is 0 Å². The van der Waals surface area contributed by atoms with E-state index in [-0.39, 0.29) is 0 Å². The van der Waals surface area contributed by atoms with Gasteiger partial charge in [-0.3, -0.25) is 0 Å². The van der Waals surface area contributed by atoms with E-state index in [9.17, 15) is 0 Å². The van der Waals surface area contributed by atoms with E-state index in [2.05, 4.69) is 6.07 Å². The Morgan fingerprint density at radius 3 is 3.00 bits per heavy atom. The number of furan rings is 1. The summed E-state index contributed by atoms with van der Waals surface area (Å²) in [6.45, 7) is 1.97. The van der Waals surface area contributed by atoms with Crippen LogP contribution in [-0.4, -0.2) is 0 Å². The van der Waals surface area contributed by atoms with Gasteiger partial charge in [0.05, 0.1) is 17.9 Å². The van der Waals surface area contributed by atoms with E-state index in [1.54, 1.807) is 12.3 Å². The summed E-state index contributed by atoms with van der Waals surface area (Å²) in [5, 5.41) is 9.67. The zero-order chi connectivity index (χ0) is 8.55. The highest BCUT2D eigenvalue weighted by Crippen LogP contribution is 2.20. The number of nitrogens with zero attached hydrogens (tertiary/aromatic N) is 1. The average Bonchev–Trinajstić information content (AvgIpc) is 2.47. The Morgan fingerprint density at radius 2 is 2.25 bits per heavy atom. The van der Waals surface area contributed by atoms with Crippen LogP contribution < -0.4 is 0 Å². The summed E-state index contributed by atoms with van der Waals surface area (Å²) in [6.07, 6.45) is 1.70. The average molecular weight is 157 g/mol. The van der Waals surface area contributed by atoms with Crippen LogP contribution in [0.5, 0.6) is 0 Å². The molecule has 2 heteroatoms. The topological polar surface area (TPSA) is 36.9 Å². The molecule has 0 radical (unpaired) electrons. The molecule has 0 saturated heterocycles. The predicted octanol–water partition coefficient (Wildman–Crippen LogP) is 2.61. The van der Waals surface area contributed by atoms with Crippen LogP contribution in [0.2, 0.25) is 0 Å². The van der Waals surface area contributed by atoms with Crippen LogP contribution in [0.15, 0.2) is 28.9 Å². The highest BCUT2D eigenvalue weighted by Gasteiger charge is 2.01. The highest BCUT2D eigenvalue weighted by atomic mass is 16.3. The van der Waals surface area contributed by atoms with Crippen molar-refractivity contribution in [1.82, 2.24) is 0 Å². The van der Waals surface area contributed by atoms with Gasteiger partial charge < -0.3 is 4.42 Å². The van der Waals surface area contributed by atoms with Crippen molar-refractivity contribution in [3.8, 4) is 6.07 Å². The summed E-state index contributed by atoms with van der Waals surface area (Å²) >= 11 is 0. The number of rotatable bonds is 0. The molecule has 0 saturated carbocycles. The van der Waals surface area contributed by atoms with Gasteiger partial charge in [-0.2, -0.15) is 5.26 Å². The molecule has 1 heterocycles. The minimum Gasteiger partial charge on any atom is -0.464 e. The zero-order valence-electron chi connectivity index (χ0n) is 6.66. The van der Waals surface area contributed by atoms with E-state index in [0.29, 0.717) is 5.56 Å². The van der Waals surface area contributed by atoms with Crippen LogP contribution >= 0.6 is 0 Å². The summed E-state index contributed by atoms with van der Waals surface area (Å²) in [7, 11) is 0. The first-order valence-electron chi connectivity index (χ1n) is 3.69. The van der Waals surface area contributed by atoms with Crippen molar-refractivity contribution in [1.29, 1.82) is 5.26 Å². The molecule has 0 atom stereocenters. The zero-order valence-corrected chi connectivity index (χ0v) is 6.66. The third-order valence-corrected chi connectivity index (χ3v) is 1.90. The van der Waals surface area contributed by atoms with Gasteiger partial charge in [-0.1, -0.05) is 0 Å². The number of hydrogen-bond acceptors (Lipinski definition) is 2. The first kappa shape index (κ1) is 6.93. The van der Waals surface area contributed by atoms with Gasteiger partial charge in [0.25, 0.3) is 0 Å². The molecule has 2 rings (SSSR count). The summed E-state index contributed by atoms with van der Waals surface area (Å²) in [4.78, 5) is 0. The highest BCUT2D eigenvalue weighted by molar-refractivity contribution is 5.82. The Labute approximate surface area is 70.0 Å². The summed E-state index contributed by atoms with van der Waals surface area (Å²) < 4.78 is 5.24. The van der Waals surface area contributed by atoms with Gasteiger partial charge in [0.2, 0.25) is 0 Å². The van der Waals surface area contributed by atoms with Crippen molar-refractivity contribution >= 4 is 11.0 Å². The van der Waals surface area contributed by atoms with Crippen LogP contribution in [0.25, 0.3) is 11.0 Å². The monoisotopic (exact) mass is 157 g/mol. The second-order valence-corrected chi connectivity index (χ2v) is 2.74. The van der Waals surface area contributed by atoms with Crippen LogP contribution in [0.4, 0.5) is 0 Å². The van der Waals surface area contributed by atoms with Crippen molar-refractivity contribution in [2.75, 3.05) is 0 Å². The lowest BCUT2D eigenvalue weighted by molar-refractivity contribution is 0.613. The normalized spacial score (nSPS) is 10.0. The minimum absolute atomic E-state index is 0.673. The summed E-state index contributed by atoms with van der Waals surface area (Å²) in [5.74, 6) is 0. The summed E-state index contributed by atoms with van der Waals surface area (Å²) in [5.41, 5.74) is 2.58. The summed E-state index contributed by atoms with van der Waals surface area (Å²) in [6, 6.07) is 7.51. The SMILES string of the molecule is Cc1coc2ccc(C#N)cc12. The van der Waals surface area contributed by atoms with Crippen LogP contribution in [0.1, 0.15) is 11.1 Å². The first-order valence-corrected chi connectivity index (χ1v) is 3.69.